The van der Waals surface area contributed by atoms with E-state index >= 15 is 0 Å². The number of thioether (sulfide) groups is 1. The largest absolute Gasteiger partial charge is 0.399 e. The van der Waals surface area contributed by atoms with E-state index in [1.54, 1.807) is 11.8 Å². The monoisotopic (exact) mass is 323 g/mol. The van der Waals surface area contributed by atoms with E-state index in [-0.39, 0.29) is 5.75 Å². The van der Waals surface area contributed by atoms with Gasteiger partial charge in [-0.25, -0.2) is 8.42 Å². The fourth-order valence-corrected chi connectivity index (χ4v) is 4.09. The number of rotatable bonds is 5. The van der Waals surface area contributed by atoms with Crippen LogP contribution in [0.25, 0.3) is 0 Å². The molecule has 0 radical (unpaired) electrons. The highest BCUT2D eigenvalue weighted by atomic mass is 79.9. The summed E-state index contributed by atoms with van der Waals surface area (Å²) in [6.45, 7) is 0. The van der Waals surface area contributed by atoms with Gasteiger partial charge in [-0.2, -0.15) is 11.8 Å². The van der Waals surface area contributed by atoms with E-state index in [0.717, 1.165) is 21.5 Å². The van der Waals surface area contributed by atoms with Crippen LogP contribution in [0.4, 0.5) is 5.69 Å². The summed E-state index contributed by atoms with van der Waals surface area (Å²) in [5.41, 5.74) is 7.47. The van der Waals surface area contributed by atoms with Crippen molar-refractivity contribution in [1.29, 1.82) is 0 Å². The molecule has 0 unspecified atom stereocenters. The van der Waals surface area contributed by atoms with Crippen LogP contribution in [0.2, 0.25) is 0 Å². The molecule has 0 saturated heterocycles. The van der Waals surface area contributed by atoms with Gasteiger partial charge in [-0.1, -0.05) is 22.0 Å². The molecule has 0 aromatic heterocycles. The number of nitrogen functional groups attached to an aromatic ring is 1. The second kappa shape index (κ2) is 5.93. The maximum atomic E-state index is 10.9. The molecule has 0 spiro atoms. The van der Waals surface area contributed by atoms with Gasteiger partial charge in [0.15, 0.2) is 0 Å². The highest BCUT2D eigenvalue weighted by Gasteiger charge is 2.04. The molecule has 0 aliphatic rings. The molecule has 2 N–H and O–H groups in total. The van der Waals surface area contributed by atoms with Crippen LogP contribution in [0, 0.1) is 0 Å². The highest BCUT2D eigenvalue weighted by Crippen LogP contribution is 2.23. The molecule has 3 nitrogen and oxygen atoms in total. The molecule has 0 amide bonds. The fourth-order valence-electron chi connectivity index (χ4n) is 1.07. The first-order valence-electron chi connectivity index (χ1n) is 4.68. The Balaban J connectivity index is 2.43. The third-order valence-electron chi connectivity index (χ3n) is 1.93. The molecule has 1 aromatic carbocycles. The molecule has 0 aliphatic carbocycles. The molecular formula is C10H14BrNO2S2. The first-order valence-corrected chi connectivity index (χ1v) is 8.69. The Morgan fingerprint density at radius 2 is 2.12 bits per heavy atom. The van der Waals surface area contributed by atoms with Crippen molar-refractivity contribution in [3.8, 4) is 0 Å². The summed E-state index contributed by atoms with van der Waals surface area (Å²) in [7, 11) is -2.85. The van der Waals surface area contributed by atoms with E-state index in [1.807, 2.05) is 18.2 Å². The summed E-state index contributed by atoms with van der Waals surface area (Å²) in [6.07, 6.45) is 1.26. The zero-order chi connectivity index (χ0) is 12.2. The van der Waals surface area contributed by atoms with Gasteiger partial charge >= 0.3 is 0 Å². The summed E-state index contributed by atoms with van der Waals surface area (Å²) >= 11 is 5.03. The summed E-state index contributed by atoms with van der Waals surface area (Å²) in [6, 6.07) is 5.65. The van der Waals surface area contributed by atoms with Crippen molar-refractivity contribution in [2.24, 2.45) is 0 Å². The Bertz CT molecular complexity index is 460. The van der Waals surface area contributed by atoms with Crippen LogP contribution in [-0.2, 0) is 15.6 Å². The molecule has 0 atom stereocenters. The predicted octanol–water partition coefficient (Wildman–Crippen LogP) is 2.31. The van der Waals surface area contributed by atoms with E-state index in [1.165, 1.54) is 6.26 Å². The van der Waals surface area contributed by atoms with Gasteiger partial charge < -0.3 is 5.73 Å². The zero-order valence-corrected chi connectivity index (χ0v) is 12.2. The molecule has 0 aliphatic heterocycles. The van der Waals surface area contributed by atoms with Crippen molar-refractivity contribution in [1.82, 2.24) is 0 Å². The van der Waals surface area contributed by atoms with E-state index in [9.17, 15) is 8.42 Å². The number of benzene rings is 1. The maximum Gasteiger partial charge on any atom is 0.148 e. The molecule has 0 bridgehead atoms. The summed E-state index contributed by atoms with van der Waals surface area (Å²) in [5.74, 6) is 1.64. The van der Waals surface area contributed by atoms with Gasteiger partial charge in [0.2, 0.25) is 0 Å². The van der Waals surface area contributed by atoms with Crippen LogP contribution in [0.3, 0.4) is 0 Å². The standard InChI is InChI=1S/C10H14BrNO2S2/c1-16(13,14)5-4-15-7-8-2-3-9(12)6-10(8)11/h2-3,6H,4-5,7,12H2,1H3. The second-order valence-corrected chi connectivity index (χ2v) is 7.75. The molecule has 0 fully saturated rings. The van der Waals surface area contributed by atoms with Gasteiger partial charge in [-0.3, -0.25) is 0 Å². The van der Waals surface area contributed by atoms with Crippen molar-refractivity contribution >= 4 is 43.2 Å². The predicted molar refractivity (Wildman–Crippen MR) is 74.4 cm³/mol. The first-order chi connectivity index (χ1) is 7.38. The van der Waals surface area contributed by atoms with Gasteiger partial charge in [0, 0.05) is 27.9 Å². The number of sulfone groups is 1. The number of halogens is 1. The van der Waals surface area contributed by atoms with Gasteiger partial charge in [0.05, 0.1) is 5.75 Å². The first kappa shape index (κ1) is 13.9. The van der Waals surface area contributed by atoms with Crippen molar-refractivity contribution < 1.29 is 8.42 Å². The normalized spacial score (nSPS) is 11.6. The quantitative estimate of drug-likeness (QED) is 0.667. The lowest BCUT2D eigenvalue weighted by Crippen LogP contribution is -2.05. The number of anilines is 1. The Morgan fingerprint density at radius 1 is 1.44 bits per heavy atom. The maximum absolute atomic E-state index is 10.9. The molecule has 0 saturated carbocycles. The van der Waals surface area contributed by atoms with E-state index in [2.05, 4.69) is 15.9 Å². The molecule has 6 heteroatoms. The molecule has 1 rings (SSSR count). The lowest BCUT2D eigenvalue weighted by molar-refractivity contribution is 0.603. The van der Waals surface area contributed by atoms with Crippen molar-refractivity contribution in [2.75, 3.05) is 23.5 Å². The van der Waals surface area contributed by atoms with Crippen LogP contribution in [0.1, 0.15) is 5.56 Å². The molecule has 1 aromatic rings. The molecule has 0 heterocycles. The van der Waals surface area contributed by atoms with Crippen LogP contribution in [-0.4, -0.2) is 26.2 Å². The third-order valence-corrected chi connectivity index (χ3v) is 4.88. The average Bonchev–Trinajstić information content (AvgIpc) is 2.13. The van der Waals surface area contributed by atoms with Crippen LogP contribution < -0.4 is 5.73 Å². The number of hydrogen-bond acceptors (Lipinski definition) is 4. The van der Waals surface area contributed by atoms with Gasteiger partial charge in [0.25, 0.3) is 0 Å². The Kier molecular flexibility index (Phi) is 5.14. The number of nitrogens with two attached hydrogens (primary N) is 1. The molecule has 90 valence electrons. The van der Waals surface area contributed by atoms with Crippen molar-refractivity contribution in [3.05, 3.63) is 28.2 Å². The van der Waals surface area contributed by atoms with Crippen LogP contribution >= 0.6 is 27.7 Å². The Morgan fingerprint density at radius 3 is 2.69 bits per heavy atom. The minimum absolute atomic E-state index is 0.226. The number of hydrogen-bond donors (Lipinski definition) is 1. The van der Waals surface area contributed by atoms with Crippen molar-refractivity contribution in [3.63, 3.8) is 0 Å². The highest BCUT2D eigenvalue weighted by molar-refractivity contribution is 9.10. The van der Waals surface area contributed by atoms with E-state index < -0.39 is 9.84 Å². The Hall–Kier alpha value is -0.200. The van der Waals surface area contributed by atoms with Gasteiger partial charge in [-0.15, -0.1) is 0 Å². The fraction of sp³-hybridized carbons (Fsp3) is 0.400. The summed E-state index contributed by atoms with van der Waals surface area (Å²) in [4.78, 5) is 0. The van der Waals surface area contributed by atoms with Gasteiger partial charge in [-0.05, 0) is 17.7 Å². The summed E-state index contributed by atoms with van der Waals surface area (Å²) < 4.78 is 22.8. The zero-order valence-electron chi connectivity index (χ0n) is 8.94. The minimum Gasteiger partial charge on any atom is -0.399 e. The third kappa shape index (κ3) is 5.23. The topological polar surface area (TPSA) is 60.2 Å². The summed E-state index contributed by atoms with van der Waals surface area (Å²) in [5, 5.41) is 0. The molecular weight excluding hydrogens is 310 g/mol. The van der Waals surface area contributed by atoms with Gasteiger partial charge in [0.1, 0.15) is 9.84 Å². The second-order valence-electron chi connectivity index (χ2n) is 3.53. The SMILES string of the molecule is CS(=O)(=O)CCSCc1ccc(N)cc1Br. The van der Waals surface area contributed by atoms with E-state index in [4.69, 9.17) is 5.73 Å². The van der Waals surface area contributed by atoms with E-state index in [0.29, 0.717) is 5.75 Å². The van der Waals surface area contributed by atoms with Crippen LogP contribution in [0.5, 0.6) is 0 Å². The molecule has 16 heavy (non-hydrogen) atoms. The lowest BCUT2D eigenvalue weighted by atomic mass is 10.2. The smallest absolute Gasteiger partial charge is 0.148 e. The van der Waals surface area contributed by atoms with Crippen LogP contribution in [0.15, 0.2) is 22.7 Å². The average molecular weight is 324 g/mol. The van der Waals surface area contributed by atoms with Crippen molar-refractivity contribution in [2.45, 2.75) is 5.75 Å². The lowest BCUT2D eigenvalue weighted by Gasteiger charge is -2.05. The minimum atomic E-state index is -2.85. The Labute approximate surface area is 109 Å².